The molecular formula is C15H15FO2. The number of aliphatic hydroxyl groups excluding tert-OH is 1. The maximum absolute atomic E-state index is 12.8. The quantitative estimate of drug-likeness (QED) is 0.888. The van der Waals surface area contributed by atoms with Crippen LogP contribution in [0.4, 0.5) is 4.39 Å². The Hall–Kier alpha value is -1.87. The van der Waals surface area contributed by atoms with Crippen LogP contribution in [0, 0.1) is 5.82 Å². The molecule has 0 bridgehead atoms. The molecule has 1 aromatic heterocycles. The first kappa shape index (κ1) is 12.6. The molecule has 0 saturated carbocycles. The summed E-state index contributed by atoms with van der Waals surface area (Å²) in [6.07, 6.45) is 2.61. The van der Waals surface area contributed by atoms with Gasteiger partial charge in [-0.05, 0) is 54.5 Å². The Bertz CT molecular complexity index is 532. The smallest absolute Gasteiger partial charge is 0.134 e. The van der Waals surface area contributed by atoms with Crippen molar-refractivity contribution in [2.45, 2.75) is 13.3 Å². The third kappa shape index (κ3) is 2.87. The average molecular weight is 246 g/mol. The highest BCUT2D eigenvalue weighted by molar-refractivity contribution is 5.60. The fourth-order valence-electron chi connectivity index (χ4n) is 1.66. The minimum atomic E-state index is -0.265. The Morgan fingerprint density at radius 2 is 1.94 bits per heavy atom. The van der Waals surface area contributed by atoms with Crippen LogP contribution >= 0.6 is 0 Å². The highest BCUT2D eigenvalue weighted by atomic mass is 19.1. The van der Waals surface area contributed by atoms with E-state index in [1.54, 1.807) is 12.1 Å². The molecule has 0 amide bonds. The standard InChI is InChI=1S/C15H15FO2/c1-2-11(10-17)9-14-7-8-15(18-14)12-3-5-13(16)6-4-12/h3-9,17H,2,10H2,1H3. The van der Waals surface area contributed by atoms with Gasteiger partial charge in [0.25, 0.3) is 0 Å². The maximum Gasteiger partial charge on any atom is 0.134 e. The minimum absolute atomic E-state index is 0.0308. The summed E-state index contributed by atoms with van der Waals surface area (Å²) in [5.41, 5.74) is 1.74. The highest BCUT2D eigenvalue weighted by Crippen LogP contribution is 2.23. The molecule has 18 heavy (non-hydrogen) atoms. The van der Waals surface area contributed by atoms with Crippen molar-refractivity contribution >= 4 is 6.08 Å². The Morgan fingerprint density at radius 3 is 2.56 bits per heavy atom. The van der Waals surface area contributed by atoms with Gasteiger partial charge in [-0.25, -0.2) is 4.39 Å². The summed E-state index contributed by atoms with van der Waals surface area (Å²) in [4.78, 5) is 0. The van der Waals surface area contributed by atoms with Crippen LogP contribution in [0.1, 0.15) is 19.1 Å². The molecule has 2 aromatic rings. The molecule has 1 N–H and O–H groups in total. The minimum Gasteiger partial charge on any atom is -0.457 e. The molecule has 0 unspecified atom stereocenters. The van der Waals surface area contributed by atoms with Crippen molar-refractivity contribution in [3.8, 4) is 11.3 Å². The van der Waals surface area contributed by atoms with Crippen LogP contribution in [0.5, 0.6) is 0 Å². The van der Waals surface area contributed by atoms with E-state index in [1.807, 2.05) is 25.1 Å². The van der Waals surface area contributed by atoms with Crippen LogP contribution in [0.15, 0.2) is 46.4 Å². The van der Waals surface area contributed by atoms with Crippen LogP contribution < -0.4 is 0 Å². The summed E-state index contributed by atoms with van der Waals surface area (Å²) >= 11 is 0. The van der Waals surface area contributed by atoms with Gasteiger partial charge in [-0.3, -0.25) is 0 Å². The first-order valence-electron chi connectivity index (χ1n) is 5.89. The zero-order chi connectivity index (χ0) is 13.0. The lowest BCUT2D eigenvalue weighted by atomic mass is 10.2. The third-order valence-electron chi connectivity index (χ3n) is 2.76. The van der Waals surface area contributed by atoms with Crippen molar-refractivity contribution in [3.05, 3.63) is 53.5 Å². The molecule has 94 valence electrons. The second kappa shape index (κ2) is 5.65. The Balaban J connectivity index is 2.25. The van der Waals surface area contributed by atoms with Gasteiger partial charge in [-0.1, -0.05) is 6.92 Å². The molecule has 0 aliphatic heterocycles. The molecule has 0 radical (unpaired) electrons. The molecule has 0 fully saturated rings. The highest BCUT2D eigenvalue weighted by Gasteiger charge is 2.04. The zero-order valence-electron chi connectivity index (χ0n) is 10.2. The molecule has 1 aromatic carbocycles. The van der Waals surface area contributed by atoms with E-state index < -0.39 is 0 Å². The fraction of sp³-hybridized carbons (Fsp3) is 0.200. The van der Waals surface area contributed by atoms with Crippen molar-refractivity contribution in [3.63, 3.8) is 0 Å². The van der Waals surface area contributed by atoms with Gasteiger partial charge < -0.3 is 9.52 Å². The Labute approximate surface area is 105 Å². The predicted octanol–water partition coefficient (Wildman–Crippen LogP) is 3.87. The van der Waals surface area contributed by atoms with Crippen LogP contribution in [0.3, 0.4) is 0 Å². The number of aliphatic hydroxyl groups is 1. The molecule has 0 aliphatic carbocycles. The summed E-state index contributed by atoms with van der Waals surface area (Å²) in [5.74, 6) is 1.12. The monoisotopic (exact) mass is 246 g/mol. The number of rotatable bonds is 4. The van der Waals surface area contributed by atoms with Crippen molar-refractivity contribution in [2.24, 2.45) is 0 Å². The van der Waals surface area contributed by atoms with E-state index in [0.29, 0.717) is 11.5 Å². The third-order valence-corrected chi connectivity index (χ3v) is 2.76. The first-order chi connectivity index (χ1) is 8.72. The summed E-state index contributed by atoms with van der Waals surface area (Å²) in [6.45, 7) is 2.01. The lowest BCUT2D eigenvalue weighted by molar-refractivity contribution is 0.328. The Morgan fingerprint density at radius 1 is 1.22 bits per heavy atom. The van der Waals surface area contributed by atoms with E-state index in [-0.39, 0.29) is 12.4 Å². The molecular weight excluding hydrogens is 231 g/mol. The molecule has 2 rings (SSSR count). The van der Waals surface area contributed by atoms with Gasteiger partial charge in [-0.2, -0.15) is 0 Å². The first-order valence-corrected chi connectivity index (χ1v) is 5.89. The maximum atomic E-state index is 12.8. The van der Waals surface area contributed by atoms with Gasteiger partial charge in [0.1, 0.15) is 17.3 Å². The largest absolute Gasteiger partial charge is 0.457 e. The van der Waals surface area contributed by atoms with Gasteiger partial charge in [0.2, 0.25) is 0 Å². The van der Waals surface area contributed by atoms with E-state index >= 15 is 0 Å². The molecule has 0 aliphatic rings. The van der Waals surface area contributed by atoms with E-state index in [2.05, 4.69) is 0 Å². The van der Waals surface area contributed by atoms with E-state index in [9.17, 15) is 4.39 Å². The number of benzene rings is 1. The van der Waals surface area contributed by atoms with Gasteiger partial charge in [0.05, 0.1) is 6.61 Å². The summed E-state index contributed by atoms with van der Waals surface area (Å²) in [6, 6.07) is 9.83. The predicted molar refractivity (Wildman–Crippen MR) is 69.5 cm³/mol. The van der Waals surface area contributed by atoms with Crippen LogP contribution in [0.25, 0.3) is 17.4 Å². The summed E-state index contributed by atoms with van der Waals surface area (Å²) in [7, 11) is 0. The molecule has 3 heteroatoms. The second-order valence-electron chi connectivity index (χ2n) is 4.02. The van der Waals surface area contributed by atoms with Gasteiger partial charge in [0.15, 0.2) is 0 Å². The average Bonchev–Trinajstić information content (AvgIpc) is 2.85. The van der Waals surface area contributed by atoms with Crippen molar-refractivity contribution in [1.29, 1.82) is 0 Å². The van der Waals surface area contributed by atoms with E-state index in [1.165, 1.54) is 12.1 Å². The van der Waals surface area contributed by atoms with Gasteiger partial charge >= 0.3 is 0 Å². The van der Waals surface area contributed by atoms with E-state index in [0.717, 1.165) is 17.6 Å². The number of hydrogen-bond acceptors (Lipinski definition) is 2. The van der Waals surface area contributed by atoms with Gasteiger partial charge in [-0.15, -0.1) is 0 Å². The SMILES string of the molecule is CCC(=Cc1ccc(-c2ccc(F)cc2)o1)CO. The number of halogens is 1. The van der Waals surface area contributed by atoms with Crippen LogP contribution in [0.2, 0.25) is 0 Å². The van der Waals surface area contributed by atoms with Gasteiger partial charge in [0, 0.05) is 5.56 Å². The number of hydrogen-bond donors (Lipinski definition) is 1. The molecule has 0 spiro atoms. The molecule has 0 atom stereocenters. The number of furan rings is 1. The van der Waals surface area contributed by atoms with E-state index in [4.69, 9.17) is 9.52 Å². The molecule has 1 heterocycles. The van der Waals surface area contributed by atoms with Crippen molar-refractivity contribution < 1.29 is 13.9 Å². The molecule has 2 nitrogen and oxygen atoms in total. The fourth-order valence-corrected chi connectivity index (χ4v) is 1.66. The zero-order valence-corrected chi connectivity index (χ0v) is 10.2. The van der Waals surface area contributed by atoms with Crippen molar-refractivity contribution in [2.75, 3.05) is 6.61 Å². The topological polar surface area (TPSA) is 33.4 Å². The van der Waals surface area contributed by atoms with Crippen molar-refractivity contribution in [1.82, 2.24) is 0 Å². The molecule has 0 saturated heterocycles. The summed E-state index contributed by atoms with van der Waals surface area (Å²) < 4.78 is 18.4. The lowest BCUT2D eigenvalue weighted by Gasteiger charge is -1.98. The summed E-state index contributed by atoms with van der Waals surface area (Å²) in [5, 5.41) is 9.09. The lowest BCUT2D eigenvalue weighted by Crippen LogP contribution is -1.86. The normalized spacial score (nSPS) is 11.8. The van der Waals surface area contributed by atoms with Crippen LogP contribution in [-0.2, 0) is 0 Å². The second-order valence-corrected chi connectivity index (χ2v) is 4.02. The van der Waals surface area contributed by atoms with Crippen LogP contribution in [-0.4, -0.2) is 11.7 Å². The Kier molecular flexibility index (Phi) is 3.95.